The van der Waals surface area contributed by atoms with E-state index in [1.54, 1.807) is 24.3 Å². The van der Waals surface area contributed by atoms with Gasteiger partial charge in [0.2, 0.25) is 4.96 Å². The van der Waals surface area contributed by atoms with E-state index < -0.39 is 0 Å². The van der Waals surface area contributed by atoms with E-state index in [-0.39, 0.29) is 11.4 Å². The third-order valence-corrected chi connectivity index (χ3v) is 5.15. The van der Waals surface area contributed by atoms with Gasteiger partial charge in [0, 0.05) is 4.47 Å². The van der Waals surface area contributed by atoms with Gasteiger partial charge in [-0.25, -0.2) is 4.39 Å². The van der Waals surface area contributed by atoms with Gasteiger partial charge in [0.25, 0.3) is 5.56 Å². The molecule has 2 aromatic carbocycles. The molecular formula is C19H11BrFN3OS. The minimum absolute atomic E-state index is 0.193. The van der Waals surface area contributed by atoms with E-state index >= 15 is 0 Å². The predicted molar refractivity (Wildman–Crippen MR) is 105 cm³/mol. The fourth-order valence-corrected chi connectivity index (χ4v) is 3.55. The molecule has 26 heavy (non-hydrogen) atoms. The normalized spacial score (nSPS) is 12.5. The summed E-state index contributed by atoms with van der Waals surface area (Å²) in [6.45, 7) is 0. The fourth-order valence-electron chi connectivity index (χ4n) is 2.37. The zero-order valence-electron chi connectivity index (χ0n) is 13.3. The number of aromatic nitrogens is 3. The highest BCUT2D eigenvalue weighted by molar-refractivity contribution is 9.10. The molecule has 0 radical (unpaired) electrons. The van der Waals surface area contributed by atoms with E-state index in [9.17, 15) is 9.18 Å². The molecule has 0 unspecified atom stereocenters. The molecule has 7 heteroatoms. The molecule has 0 spiro atoms. The van der Waals surface area contributed by atoms with Crippen LogP contribution in [-0.4, -0.2) is 14.6 Å². The molecular weight excluding hydrogens is 417 g/mol. The molecule has 0 amide bonds. The third kappa shape index (κ3) is 3.49. The van der Waals surface area contributed by atoms with Crippen molar-refractivity contribution in [2.24, 2.45) is 0 Å². The molecule has 128 valence electrons. The van der Waals surface area contributed by atoms with Gasteiger partial charge in [0.15, 0.2) is 5.82 Å². The second-order valence-corrected chi connectivity index (χ2v) is 7.44. The zero-order valence-corrected chi connectivity index (χ0v) is 15.7. The second-order valence-electron chi connectivity index (χ2n) is 5.52. The number of rotatable bonds is 3. The van der Waals surface area contributed by atoms with E-state index in [4.69, 9.17) is 0 Å². The molecule has 4 nitrogen and oxygen atoms in total. The number of hydrogen-bond acceptors (Lipinski definition) is 4. The number of halogens is 2. The quantitative estimate of drug-likeness (QED) is 0.499. The first-order valence-electron chi connectivity index (χ1n) is 7.69. The molecule has 0 aliphatic heterocycles. The predicted octanol–water partition coefficient (Wildman–Crippen LogP) is 3.77. The Balaban J connectivity index is 1.66. The average molecular weight is 428 g/mol. The topological polar surface area (TPSA) is 47.3 Å². The van der Waals surface area contributed by atoms with Crippen LogP contribution in [0.2, 0.25) is 0 Å². The van der Waals surface area contributed by atoms with Crippen LogP contribution >= 0.6 is 27.3 Å². The summed E-state index contributed by atoms with van der Waals surface area (Å²) in [5, 5.41) is 4.24. The van der Waals surface area contributed by atoms with Crippen molar-refractivity contribution < 1.29 is 4.39 Å². The van der Waals surface area contributed by atoms with Gasteiger partial charge in [-0.2, -0.15) is 9.50 Å². The molecule has 0 bridgehead atoms. The smallest absolute Gasteiger partial charge is 0.266 e. The van der Waals surface area contributed by atoms with Gasteiger partial charge < -0.3 is 0 Å². The summed E-state index contributed by atoms with van der Waals surface area (Å²) in [5.74, 6) is 0.154. The van der Waals surface area contributed by atoms with Gasteiger partial charge in [-0.1, -0.05) is 57.6 Å². The highest BCUT2D eigenvalue weighted by atomic mass is 79.9. The van der Waals surface area contributed by atoms with Gasteiger partial charge in [0.05, 0.1) is 4.53 Å². The molecule has 0 N–H and O–H groups in total. The van der Waals surface area contributed by atoms with Gasteiger partial charge in [-0.05, 0) is 47.5 Å². The number of benzene rings is 2. The molecule has 4 aromatic rings. The summed E-state index contributed by atoms with van der Waals surface area (Å²) in [5.41, 5.74) is 1.57. The Kier molecular flexibility index (Phi) is 4.48. The Morgan fingerprint density at radius 2 is 1.69 bits per heavy atom. The molecule has 4 rings (SSSR count). The zero-order chi connectivity index (χ0) is 18.1. The minimum Gasteiger partial charge on any atom is -0.266 e. The maximum absolute atomic E-state index is 12.9. The molecule has 0 fully saturated rings. The van der Waals surface area contributed by atoms with E-state index in [2.05, 4.69) is 26.0 Å². The Bertz CT molecular complexity index is 1210. The van der Waals surface area contributed by atoms with Crippen LogP contribution in [0.15, 0.2) is 57.8 Å². The molecule has 0 saturated heterocycles. The molecule has 2 aromatic heterocycles. The van der Waals surface area contributed by atoms with Crippen molar-refractivity contribution in [2.45, 2.75) is 0 Å². The lowest BCUT2D eigenvalue weighted by molar-refractivity contribution is 0.628. The lowest BCUT2D eigenvalue weighted by Crippen LogP contribution is -2.23. The van der Waals surface area contributed by atoms with Gasteiger partial charge in [-0.15, -0.1) is 5.10 Å². The van der Waals surface area contributed by atoms with Gasteiger partial charge in [-0.3, -0.25) is 4.79 Å². The monoisotopic (exact) mass is 427 g/mol. The van der Waals surface area contributed by atoms with Crippen LogP contribution in [0.5, 0.6) is 0 Å². The summed E-state index contributed by atoms with van der Waals surface area (Å²) in [4.78, 5) is 17.4. The van der Waals surface area contributed by atoms with Crippen molar-refractivity contribution in [2.75, 3.05) is 0 Å². The number of hydrogen-bond donors (Lipinski definition) is 0. The van der Waals surface area contributed by atoms with Crippen LogP contribution in [0, 0.1) is 5.82 Å². The minimum atomic E-state index is -0.284. The van der Waals surface area contributed by atoms with Crippen LogP contribution in [0.4, 0.5) is 4.39 Å². The number of thiazole rings is 1. The third-order valence-electron chi connectivity index (χ3n) is 3.66. The van der Waals surface area contributed by atoms with Crippen molar-refractivity contribution in [3.8, 4) is 0 Å². The van der Waals surface area contributed by atoms with Crippen molar-refractivity contribution in [1.29, 1.82) is 0 Å². The van der Waals surface area contributed by atoms with Crippen molar-refractivity contribution in [3.05, 3.63) is 90.7 Å². The average Bonchev–Trinajstić information content (AvgIpc) is 3.16. The number of fused-ring (bicyclic) bond motifs is 1. The maximum atomic E-state index is 12.9. The first kappa shape index (κ1) is 16.8. The largest absolute Gasteiger partial charge is 0.291 e. The van der Waals surface area contributed by atoms with Gasteiger partial charge in [0.1, 0.15) is 5.82 Å². The first-order chi connectivity index (χ1) is 12.6. The van der Waals surface area contributed by atoms with Crippen molar-refractivity contribution in [3.63, 3.8) is 0 Å². The van der Waals surface area contributed by atoms with E-state index in [0.29, 0.717) is 15.3 Å². The molecule has 2 heterocycles. The second kappa shape index (κ2) is 6.93. The Morgan fingerprint density at radius 3 is 2.38 bits per heavy atom. The first-order valence-corrected chi connectivity index (χ1v) is 9.30. The van der Waals surface area contributed by atoms with Crippen molar-refractivity contribution in [1.82, 2.24) is 14.6 Å². The van der Waals surface area contributed by atoms with Crippen LogP contribution in [0.3, 0.4) is 0 Å². The summed E-state index contributed by atoms with van der Waals surface area (Å²) >= 11 is 4.68. The molecule has 0 atom stereocenters. The van der Waals surface area contributed by atoms with Crippen LogP contribution < -0.4 is 10.1 Å². The van der Waals surface area contributed by atoms with Crippen LogP contribution in [-0.2, 0) is 0 Å². The van der Waals surface area contributed by atoms with Crippen LogP contribution in [0.1, 0.15) is 17.0 Å². The maximum Gasteiger partial charge on any atom is 0.291 e. The Labute approximate surface area is 160 Å². The van der Waals surface area contributed by atoms with Crippen LogP contribution in [0.25, 0.3) is 23.2 Å². The standard InChI is InChI=1S/C19H11BrFN3OS/c20-14-6-1-13(2-7-14)11-16-18(25)24-19(26-16)22-17(23-24)10-5-12-3-8-15(21)9-4-12/h1-11H/b10-5+,16-11+. The molecule has 0 saturated carbocycles. The summed E-state index contributed by atoms with van der Waals surface area (Å²) in [6, 6.07) is 13.8. The lowest BCUT2D eigenvalue weighted by Gasteiger charge is -1.91. The summed E-state index contributed by atoms with van der Waals surface area (Å²) in [7, 11) is 0. The number of nitrogens with zero attached hydrogens (tertiary/aromatic N) is 3. The highest BCUT2D eigenvalue weighted by Crippen LogP contribution is 2.12. The van der Waals surface area contributed by atoms with Gasteiger partial charge >= 0.3 is 0 Å². The van der Waals surface area contributed by atoms with E-state index in [1.807, 2.05) is 30.3 Å². The summed E-state index contributed by atoms with van der Waals surface area (Å²) < 4.78 is 15.8. The Morgan fingerprint density at radius 1 is 1.00 bits per heavy atom. The van der Waals surface area contributed by atoms with Crippen molar-refractivity contribution >= 4 is 50.5 Å². The van der Waals surface area contributed by atoms with E-state index in [0.717, 1.165) is 15.6 Å². The van der Waals surface area contributed by atoms with E-state index in [1.165, 1.54) is 28.0 Å². The SMILES string of the molecule is O=c1/c(=C\c2ccc(Br)cc2)sc2nc(/C=C/c3ccc(F)cc3)nn12. The molecule has 0 aliphatic carbocycles. The lowest BCUT2D eigenvalue weighted by atomic mass is 10.2. The fraction of sp³-hybridized carbons (Fsp3) is 0. The molecule has 0 aliphatic rings. The Hall–Kier alpha value is -2.64. The summed E-state index contributed by atoms with van der Waals surface area (Å²) in [6.07, 6.45) is 5.30. The highest BCUT2D eigenvalue weighted by Gasteiger charge is 2.08.